The van der Waals surface area contributed by atoms with Gasteiger partial charge in [-0.2, -0.15) is 0 Å². The van der Waals surface area contributed by atoms with Gasteiger partial charge in [0.05, 0.1) is 5.60 Å². The topological polar surface area (TPSA) is 60.9 Å². The molecule has 102 valence electrons. The van der Waals surface area contributed by atoms with Crippen molar-refractivity contribution in [1.82, 2.24) is 15.3 Å². The predicted molar refractivity (Wildman–Crippen MR) is 72.2 cm³/mol. The summed E-state index contributed by atoms with van der Waals surface area (Å²) in [6, 6.07) is 0. The third kappa shape index (κ3) is 3.56. The van der Waals surface area contributed by atoms with Crippen molar-refractivity contribution < 1.29 is 5.11 Å². The average Bonchev–Trinajstić information content (AvgIpc) is 2.76. The Balaban J connectivity index is 1.73. The molecule has 1 aromatic heterocycles. The SMILES string of the molecule is CCC1CCC(O)(CNCc2cnc(C)[nH]2)CC1. The van der Waals surface area contributed by atoms with Gasteiger partial charge in [0.1, 0.15) is 5.82 Å². The van der Waals surface area contributed by atoms with Crippen LogP contribution in [-0.2, 0) is 6.54 Å². The smallest absolute Gasteiger partial charge is 0.103 e. The minimum atomic E-state index is -0.499. The number of imidazole rings is 1. The standard InChI is InChI=1S/C14H25N3O/c1-3-12-4-6-14(18,7-5-12)10-15-8-13-9-16-11(2)17-13/h9,12,15,18H,3-8,10H2,1-2H3,(H,16,17). The number of nitrogens with one attached hydrogen (secondary N) is 2. The Morgan fingerprint density at radius 1 is 1.50 bits per heavy atom. The molecule has 1 heterocycles. The molecule has 1 aliphatic carbocycles. The number of aryl methyl sites for hydroxylation is 1. The zero-order valence-electron chi connectivity index (χ0n) is 11.5. The van der Waals surface area contributed by atoms with Crippen LogP contribution in [0.3, 0.4) is 0 Å². The van der Waals surface area contributed by atoms with Gasteiger partial charge < -0.3 is 15.4 Å². The fraction of sp³-hybridized carbons (Fsp3) is 0.786. The van der Waals surface area contributed by atoms with Crippen molar-refractivity contribution in [2.24, 2.45) is 5.92 Å². The number of H-pyrrole nitrogens is 1. The van der Waals surface area contributed by atoms with Crippen LogP contribution in [0.15, 0.2) is 6.20 Å². The molecule has 1 aliphatic rings. The second kappa shape index (κ2) is 5.85. The Morgan fingerprint density at radius 2 is 2.22 bits per heavy atom. The maximum atomic E-state index is 10.5. The number of nitrogens with zero attached hydrogens (tertiary/aromatic N) is 1. The van der Waals surface area contributed by atoms with E-state index in [9.17, 15) is 5.11 Å². The van der Waals surface area contributed by atoms with Crippen molar-refractivity contribution in [2.45, 2.75) is 58.1 Å². The van der Waals surface area contributed by atoms with Gasteiger partial charge in [0.15, 0.2) is 0 Å². The van der Waals surface area contributed by atoms with Crippen molar-refractivity contribution in [2.75, 3.05) is 6.54 Å². The van der Waals surface area contributed by atoms with E-state index in [1.165, 1.54) is 6.42 Å². The summed E-state index contributed by atoms with van der Waals surface area (Å²) in [5, 5.41) is 13.8. The largest absolute Gasteiger partial charge is 0.389 e. The average molecular weight is 251 g/mol. The molecule has 0 aromatic carbocycles. The monoisotopic (exact) mass is 251 g/mol. The van der Waals surface area contributed by atoms with Crippen LogP contribution < -0.4 is 5.32 Å². The summed E-state index contributed by atoms with van der Waals surface area (Å²) < 4.78 is 0. The number of aliphatic hydroxyl groups is 1. The van der Waals surface area contributed by atoms with Gasteiger partial charge >= 0.3 is 0 Å². The van der Waals surface area contributed by atoms with E-state index >= 15 is 0 Å². The number of hydrogen-bond acceptors (Lipinski definition) is 3. The van der Waals surface area contributed by atoms with Crippen LogP contribution >= 0.6 is 0 Å². The van der Waals surface area contributed by atoms with Crippen LogP contribution in [-0.4, -0.2) is 27.2 Å². The second-order valence-corrected chi connectivity index (χ2v) is 5.67. The lowest BCUT2D eigenvalue weighted by atomic mass is 9.78. The van der Waals surface area contributed by atoms with Crippen LogP contribution in [0.1, 0.15) is 50.5 Å². The number of aromatic amines is 1. The zero-order valence-corrected chi connectivity index (χ0v) is 11.5. The highest BCUT2D eigenvalue weighted by Crippen LogP contribution is 2.33. The molecule has 1 aromatic rings. The van der Waals surface area contributed by atoms with E-state index in [4.69, 9.17) is 0 Å². The summed E-state index contributed by atoms with van der Waals surface area (Å²) in [4.78, 5) is 7.35. The number of aromatic nitrogens is 2. The zero-order chi connectivity index (χ0) is 13.0. The Kier molecular flexibility index (Phi) is 4.40. The summed E-state index contributed by atoms with van der Waals surface area (Å²) in [5.74, 6) is 1.76. The maximum absolute atomic E-state index is 10.5. The lowest BCUT2D eigenvalue weighted by Crippen LogP contribution is -2.43. The van der Waals surface area contributed by atoms with Gasteiger partial charge in [0, 0.05) is 25.0 Å². The maximum Gasteiger partial charge on any atom is 0.103 e. The van der Waals surface area contributed by atoms with Crippen LogP contribution in [0.4, 0.5) is 0 Å². The predicted octanol–water partition coefficient (Wildman–Crippen LogP) is 2.14. The molecule has 0 bridgehead atoms. The van der Waals surface area contributed by atoms with Crippen molar-refractivity contribution in [3.8, 4) is 0 Å². The highest BCUT2D eigenvalue weighted by Gasteiger charge is 2.32. The van der Waals surface area contributed by atoms with Gasteiger partial charge in [-0.05, 0) is 38.5 Å². The second-order valence-electron chi connectivity index (χ2n) is 5.67. The first-order valence-electron chi connectivity index (χ1n) is 7.05. The van der Waals surface area contributed by atoms with Crippen LogP contribution in [0.25, 0.3) is 0 Å². The molecule has 0 amide bonds. The first-order chi connectivity index (χ1) is 8.61. The van der Waals surface area contributed by atoms with E-state index in [-0.39, 0.29) is 0 Å². The minimum Gasteiger partial charge on any atom is -0.389 e. The van der Waals surface area contributed by atoms with Gasteiger partial charge in [-0.1, -0.05) is 13.3 Å². The highest BCUT2D eigenvalue weighted by molar-refractivity contribution is 4.99. The molecule has 0 atom stereocenters. The van der Waals surface area contributed by atoms with Gasteiger partial charge in [-0.25, -0.2) is 4.98 Å². The van der Waals surface area contributed by atoms with Crippen molar-refractivity contribution in [3.05, 3.63) is 17.7 Å². The summed E-state index contributed by atoms with van der Waals surface area (Å²) in [6.45, 7) is 5.62. The van der Waals surface area contributed by atoms with E-state index < -0.39 is 5.60 Å². The van der Waals surface area contributed by atoms with Crippen molar-refractivity contribution >= 4 is 0 Å². The van der Waals surface area contributed by atoms with Crippen LogP contribution in [0.5, 0.6) is 0 Å². The Labute approximate surface area is 109 Å². The molecule has 0 aliphatic heterocycles. The lowest BCUT2D eigenvalue weighted by molar-refractivity contribution is -0.00885. The number of hydrogen-bond donors (Lipinski definition) is 3. The highest BCUT2D eigenvalue weighted by atomic mass is 16.3. The Morgan fingerprint density at radius 3 is 2.78 bits per heavy atom. The van der Waals surface area contributed by atoms with Crippen LogP contribution in [0, 0.1) is 12.8 Å². The van der Waals surface area contributed by atoms with Crippen molar-refractivity contribution in [3.63, 3.8) is 0 Å². The summed E-state index contributed by atoms with van der Waals surface area (Å²) in [5.41, 5.74) is 0.583. The normalized spacial score (nSPS) is 28.5. The molecule has 0 radical (unpaired) electrons. The summed E-state index contributed by atoms with van der Waals surface area (Å²) in [7, 11) is 0. The molecule has 0 spiro atoms. The Hall–Kier alpha value is -0.870. The molecule has 4 nitrogen and oxygen atoms in total. The van der Waals surface area contributed by atoms with Gasteiger partial charge in [0.25, 0.3) is 0 Å². The lowest BCUT2D eigenvalue weighted by Gasteiger charge is -2.36. The van der Waals surface area contributed by atoms with E-state index in [1.807, 2.05) is 13.1 Å². The van der Waals surface area contributed by atoms with E-state index in [0.717, 1.165) is 49.7 Å². The quantitative estimate of drug-likeness (QED) is 0.751. The summed E-state index contributed by atoms with van der Waals surface area (Å²) in [6.07, 6.45) is 7.29. The third-order valence-corrected chi connectivity index (χ3v) is 4.14. The molecule has 1 saturated carbocycles. The molecule has 0 saturated heterocycles. The summed E-state index contributed by atoms with van der Waals surface area (Å²) >= 11 is 0. The molecule has 2 rings (SSSR count). The minimum absolute atomic E-state index is 0.499. The van der Waals surface area contributed by atoms with Gasteiger partial charge in [0.2, 0.25) is 0 Å². The molecule has 18 heavy (non-hydrogen) atoms. The van der Waals surface area contributed by atoms with Crippen LogP contribution in [0.2, 0.25) is 0 Å². The molecule has 3 N–H and O–H groups in total. The van der Waals surface area contributed by atoms with Gasteiger partial charge in [-0.3, -0.25) is 0 Å². The third-order valence-electron chi connectivity index (χ3n) is 4.14. The number of rotatable bonds is 5. The van der Waals surface area contributed by atoms with Crippen molar-refractivity contribution in [1.29, 1.82) is 0 Å². The first kappa shape index (κ1) is 13.6. The molecule has 0 unspecified atom stereocenters. The fourth-order valence-corrected chi connectivity index (χ4v) is 2.79. The van der Waals surface area contributed by atoms with E-state index in [0.29, 0.717) is 6.54 Å². The fourth-order valence-electron chi connectivity index (χ4n) is 2.79. The molecule has 4 heteroatoms. The molecular formula is C14H25N3O. The molecular weight excluding hydrogens is 226 g/mol. The van der Waals surface area contributed by atoms with Gasteiger partial charge in [-0.15, -0.1) is 0 Å². The van der Waals surface area contributed by atoms with E-state index in [1.54, 1.807) is 0 Å². The first-order valence-corrected chi connectivity index (χ1v) is 7.05. The molecule has 1 fully saturated rings. The van der Waals surface area contributed by atoms with E-state index in [2.05, 4.69) is 22.2 Å². The Bertz CT molecular complexity index is 367.